The SMILES string of the molecule is N#CC1=CC2C(C=C1)c1ccc(-c3ccc(-c4ccc5nc6c7ccccc7sc6n5c4)cc3)cc1C21c2ccccc2-c2ccccc21. The smallest absolute Gasteiger partial charge is 0.138 e. The summed E-state index contributed by atoms with van der Waals surface area (Å²) in [6, 6.07) is 49.1. The number of imidazole rings is 1. The molecule has 3 aromatic heterocycles. The molecule has 0 aliphatic heterocycles. The summed E-state index contributed by atoms with van der Waals surface area (Å²) in [7, 11) is 0. The Labute approximate surface area is 287 Å². The summed E-state index contributed by atoms with van der Waals surface area (Å²) in [5, 5.41) is 11.2. The van der Waals surface area contributed by atoms with Crippen LogP contribution in [-0.4, -0.2) is 9.38 Å². The molecule has 228 valence electrons. The number of fused-ring (bicyclic) bond motifs is 15. The van der Waals surface area contributed by atoms with Gasteiger partial charge in [0, 0.05) is 33.7 Å². The lowest BCUT2D eigenvalue weighted by Gasteiger charge is -2.36. The van der Waals surface area contributed by atoms with Crippen LogP contribution in [0.3, 0.4) is 0 Å². The summed E-state index contributed by atoms with van der Waals surface area (Å²) in [5.41, 5.74) is 15.1. The van der Waals surface area contributed by atoms with Crippen LogP contribution in [0.15, 0.2) is 157 Å². The molecule has 11 rings (SSSR count). The van der Waals surface area contributed by atoms with Crippen LogP contribution in [-0.2, 0) is 5.41 Å². The molecule has 0 radical (unpaired) electrons. The van der Waals surface area contributed by atoms with Gasteiger partial charge in [-0.2, -0.15) is 5.26 Å². The van der Waals surface area contributed by atoms with Gasteiger partial charge in [0.1, 0.15) is 16.0 Å². The van der Waals surface area contributed by atoms with Crippen molar-refractivity contribution in [1.82, 2.24) is 9.38 Å². The van der Waals surface area contributed by atoms with Crippen LogP contribution in [0.1, 0.15) is 28.2 Å². The highest BCUT2D eigenvalue weighted by Gasteiger charge is 2.57. The van der Waals surface area contributed by atoms with E-state index in [0.29, 0.717) is 0 Å². The summed E-state index contributed by atoms with van der Waals surface area (Å²) < 4.78 is 3.50. The minimum Gasteiger partial charge on any atom is -0.290 e. The normalized spacial score (nSPS) is 18.0. The maximum atomic E-state index is 9.99. The summed E-state index contributed by atoms with van der Waals surface area (Å²) >= 11 is 1.80. The molecule has 0 saturated heterocycles. The zero-order valence-electron chi connectivity index (χ0n) is 26.3. The van der Waals surface area contributed by atoms with Gasteiger partial charge in [-0.3, -0.25) is 4.40 Å². The molecule has 2 atom stereocenters. The van der Waals surface area contributed by atoms with Gasteiger partial charge in [0.2, 0.25) is 0 Å². The third-order valence-corrected chi connectivity index (χ3v) is 12.3. The molecule has 3 aliphatic rings. The summed E-state index contributed by atoms with van der Waals surface area (Å²) in [4.78, 5) is 6.15. The van der Waals surface area contributed by atoms with Gasteiger partial charge < -0.3 is 0 Å². The van der Waals surface area contributed by atoms with E-state index in [1.54, 1.807) is 11.3 Å². The van der Waals surface area contributed by atoms with Crippen molar-refractivity contribution >= 4 is 37.4 Å². The van der Waals surface area contributed by atoms with Gasteiger partial charge in [0.15, 0.2) is 0 Å². The van der Waals surface area contributed by atoms with Gasteiger partial charge >= 0.3 is 0 Å². The van der Waals surface area contributed by atoms with Gasteiger partial charge in [-0.05, 0) is 86.0 Å². The molecular weight excluding hydrogens is 615 g/mol. The van der Waals surface area contributed by atoms with Crippen molar-refractivity contribution in [2.24, 2.45) is 5.92 Å². The van der Waals surface area contributed by atoms with Crippen LogP contribution >= 0.6 is 11.3 Å². The van der Waals surface area contributed by atoms with Crippen molar-refractivity contribution < 1.29 is 0 Å². The Morgan fingerprint density at radius 2 is 1.37 bits per heavy atom. The third kappa shape index (κ3) is 3.52. The van der Waals surface area contributed by atoms with Gasteiger partial charge in [-0.25, -0.2) is 4.98 Å². The Bertz CT molecular complexity index is 2760. The first-order chi connectivity index (χ1) is 24.2. The fourth-order valence-electron chi connectivity index (χ4n) is 9.09. The number of thiophene rings is 1. The molecule has 49 heavy (non-hydrogen) atoms. The molecule has 0 N–H and O–H groups in total. The highest BCUT2D eigenvalue weighted by molar-refractivity contribution is 7.25. The molecule has 3 heterocycles. The van der Waals surface area contributed by atoms with E-state index in [0.717, 1.165) is 16.7 Å². The lowest BCUT2D eigenvalue weighted by atomic mass is 9.65. The van der Waals surface area contributed by atoms with Crippen LogP contribution < -0.4 is 0 Å². The van der Waals surface area contributed by atoms with Crippen LogP contribution in [0.5, 0.6) is 0 Å². The van der Waals surface area contributed by atoms with Crippen molar-refractivity contribution in [1.29, 1.82) is 5.26 Å². The van der Waals surface area contributed by atoms with E-state index in [2.05, 4.69) is 156 Å². The minimum absolute atomic E-state index is 0.120. The first kappa shape index (κ1) is 27.0. The number of hydrogen-bond acceptors (Lipinski definition) is 3. The lowest BCUT2D eigenvalue weighted by Crippen LogP contribution is -2.33. The summed E-state index contributed by atoms with van der Waals surface area (Å²) in [6.07, 6.45) is 8.73. The van der Waals surface area contributed by atoms with Gasteiger partial charge in [0.25, 0.3) is 0 Å². The number of hydrogen-bond donors (Lipinski definition) is 0. The van der Waals surface area contributed by atoms with E-state index in [9.17, 15) is 5.26 Å². The van der Waals surface area contributed by atoms with Gasteiger partial charge in [0.05, 0.1) is 11.5 Å². The van der Waals surface area contributed by atoms with Gasteiger partial charge in [-0.1, -0.05) is 115 Å². The van der Waals surface area contributed by atoms with Crippen molar-refractivity contribution in [2.45, 2.75) is 11.3 Å². The molecular formula is C45H27N3S. The average Bonchev–Trinajstić information content (AvgIpc) is 3.88. The average molecular weight is 642 g/mol. The number of benzene rings is 5. The van der Waals surface area contributed by atoms with E-state index < -0.39 is 0 Å². The highest BCUT2D eigenvalue weighted by Crippen LogP contribution is 2.65. The standard InChI is InChI=1S/C45H27N3S/c46-25-27-13-20-34-35-21-18-30(24-40(35)45(39(34)23-27)37-10-4-1-7-32(37)33-8-2-5-11-38(33)45)28-14-16-29(17-15-28)31-19-22-42-47-43-36-9-3-6-12-41(36)49-44(43)48(42)26-31/h1-24,26,34,39H. The number of rotatable bonds is 2. The molecule has 5 aromatic carbocycles. The minimum atomic E-state index is -0.367. The number of allylic oxidation sites excluding steroid dienone is 4. The van der Waals surface area contributed by atoms with E-state index in [4.69, 9.17) is 4.98 Å². The van der Waals surface area contributed by atoms with Crippen LogP contribution in [0.25, 0.3) is 59.5 Å². The highest BCUT2D eigenvalue weighted by atomic mass is 32.1. The Morgan fingerprint density at radius 3 is 2.14 bits per heavy atom. The Balaban J connectivity index is 1.04. The van der Waals surface area contributed by atoms with Gasteiger partial charge in [-0.15, -0.1) is 11.3 Å². The van der Waals surface area contributed by atoms with E-state index >= 15 is 0 Å². The fraction of sp³-hybridized carbons (Fsp3) is 0.0667. The molecule has 2 unspecified atom stereocenters. The first-order valence-corrected chi connectivity index (χ1v) is 17.6. The number of nitrogens with zero attached hydrogens (tertiary/aromatic N) is 3. The molecule has 3 aliphatic carbocycles. The molecule has 4 heteroatoms. The Hall–Kier alpha value is -6.02. The van der Waals surface area contributed by atoms with E-state index in [1.165, 1.54) is 70.6 Å². The molecule has 8 aromatic rings. The largest absolute Gasteiger partial charge is 0.290 e. The first-order valence-electron chi connectivity index (χ1n) is 16.8. The fourth-order valence-corrected chi connectivity index (χ4v) is 10.2. The second-order valence-corrected chi connectivity index (χ2v) is 14.5. The zero-order chi connectivity index (χ0) is 32.3. The number of pyridine rings is 1. The third-order valence-electron chi connectivity index (χ3n) is 11.2. The summed E-state index contributed by atoms with van der Waals surface area (Å²) in [5.74, 6) is 0.323. The van der Waals surface area contributed by atoms with Crippen LogP contribution in [0, 0.1) is 17.2 Å². The predicted molar refractivity (Wildman–Crippen MR) is 200 cm³/mol. The topological polar surface area (TPSA) is 41.1 Å². The monoisotopic (exact) mass is 641 g/mol. The van der Waals surface area contributed by atoms with Crippen LogP contribution in [0.2, 0.25) is 0 Å². The molecule has 1 spiro atoms. The predicted octanol–water partition coefficient (Wildman–Crippen LogP) is 11.1. The van der Waals surface area contributed by atoms with E-state index in [-0.39, 0.29) is 17.3 Å². The number of nitriles is 1. The summed E-state index contributed by atoms with van der Waals surface area (Å²) in [6.45, 7) is 0. The Morgan fingerprint density at radius 1 is 0.694 bits per heavy atom. The molecule has 0 saturated carbocycles. The quantitative estimate of drug-likeness (QED) is 0.188. The van der Waals surface area contributed by atoms with Crippen molar-refractivity contribution in [3.63, 3.8) is 0 Å². The maximum absolute atomic E-state index is 9.99. The zero-order valence-corrected chi connectivity index (χ0v) is 27.2. The second kappa shape index (κ2) is 9.76. The molecule has 0 bridgehead atoms. The van der Waals surface area contributed by atoms with E-state index in [1.807, 2.05) is 6.08 Å². The molecule has 3 nitrogen and oxygen atoms in total. The second-order valence-electron chi connectivity index (χ2n) is 13.4. The van der Waals surface area contributed by atoms with Crippen molar-refractivity contribution in [3.05, 3.63) is 180 Å². The number of aromatic nitrogens is 2. The molecule has 0 fully saturated rings. The Kier molecular flexibility index (Phi) is 5.38. The molecule has 0 amide bonds. The van der Waals surface area contributed by atoms with Crippen LogP contribution in [0.4, 0.5) is 0 Å². The van der Waals surface area contributed by atoms with Crippen molar-refractivity contribution in [3.8, 4) is 39.4 Å². The maximum Gasteiger partial charge on any atom is 0.138 e. The lowest BCUT2D eigenvalue weighted by molar-refractivity contribution is 0.464. The van der Waals surface area contributed by atoms with Crippen molar-refractivity contribution in [2.75, 3.05) is 0 Å².